The third-order valence-electron chi connectivity index (χ3n) is 7.97. The molecule has 218 valence electrons. The summed E-state index contributed by atoms with van der Waals surface area (Å²) >= 11 is 0. The second-order valence-electron chi connectivity index (χ2n) is 11.9. The van der Waals surface area contributed by atoms with Crippen LogP contribution in [0.2, 0.25) is 0 Å². The number of carbonyl (C=O) groups excluding carboxylic acids is 3. The lowest BCUT2D eigenvalue weighted by Gasteiger charge is -2.37. The van der Waals surface area contributed by atoms with Crippen LogP contribution < -0.4 is 10.2 Å². The van der Waals surface area contributed by atoms with Crippen molar-refractivity contribution in [2.24, 2.45) is 7.05 Å². The van der Waals surface area contributed by atoms with Crippen LogP contribution in [0, 0.1) is 0 Å². The van der Waals surface area contributed by atoms with Gasteiger partial charge < -0.3 is 9.64 Å². The van der Waals surface area contributed by atoms with Gasteiger partial charge in [-0.05, 0) is 70.1 Å². The number of sulfonamides is 1. The summed E-state index contributed by atoms with van der Waals surface area (Å²) in [6.07, 6.45) is 2.07. The molecule has 2 aromatic rings. The van der Waals surface area contributed by atoms with Gasteiger partial charge in [-0.1, -0.05) is 6.07 Å². The van der Waals surface area contributed by atoms with E-state index in [1.165, 1.54) is 4.90 Å². The zero-order valence-electron chi connectivity index (χ0n) is 23.6. The normalized spacial score (nSPS) is 20.7. The molecule has 3 fully saturated rings. The van der Waals surface area contributed by atoms with Gasteiger partial charge in [0.25, 0.3) is 0 Å². The Morgan fingerprint density at radius 3 is 2.33 bits per heavy atom. The van der Waals surface area contributed by atoms with Gasteiger partial charge in [-0.3, -0.25) is 19.7 Å². The minimum atomic E-state index is -3.46. The summed E-state index contributed by atoms with van der Waals surface area (Å²) in [5.41, 5.74) is 1.41. The standard InChI is InChI=1S/C27H38N6O6S/c1-27(2,3)39-26(36)31-12-9-20(10-13-31)40(37,38)32-14-7-18(8-15-32)19-5-6-21-22(17-19)30(4)29-24(21)33-16-11-23(34)28-25(33)35/h5-6,17-18,20H,7-16H2,1-4H3,(H,28,34,35). The van der Waals surface area contributed by atoms with E-state index in [9.17, 15) is 22.8 Å². The van der Waals surface area contributed by atoms with E-state index in [-0.39, 0.29) is 24.8 Å². The first-order valence-electron chi connectivity index (χ1n) is 13.9. The number of hydrogen-bond donors (Lipinski definition) is 1. The Labute approximate surface area is 234 Å². The van der Waals surface area contributed by atoms with Crippen molar-refractivity contribution in [3.05, 3.63) is 23.8 Å². The molecule has 0 radical (unpaired) electrons. The first-order valence-corrected chi connectivity index (χ1v) is 15.4. The maximum absolute atomic E-state index is 13.4. The van der Waals surface area contributed by atoms with E-state index in [1.54, 1.807) is 13.9 Å². The molecule has 3 aliphatic heterocycles. The summed E-state index contributed by atoms with van der Waals surface area (Å²) in [6.45, 7) is 7.39. The summed E-state index contributed by atoms with van der Waals surface area (Å²) in [5, 5.41) is 7.23. The highest BCUT2D eigenvalue weighted by Crippen LogP contribution is 2.35. The van der Waals surface area contributed by atoms with Gasteiger partial charge in [-0.2, -0.15) is 5.10 Å². The summed E-state index contributed by atoms with van der Waals surface area (Å²) < 4.78 is 35.6. The van der Waals surface area contributed by atoms with Crippen molar-refractivity contribution in [2.45, 2.75) is 69.6 Å². The Hall–Kier alpha value is -3.19. The molecule has 5 rings (SSSR count). The predicted octanol–water partition coefficient (Wildman–Crippen LogP) is 2.93. The molecule has 3 saturated heterocycles. The number of nitrogens with zero attached hydrogens (tertiary/aromatic N) is 5. The third-order valence-corrected chi connectivity index (χ3v) is 10.4. The predicted molar refractivity (Wildman–Crippen MR) is 150 cm³/mol. The number of piperidine rings is 2. The van der Waals surface area contributed by atoms with Crippen molar-refractivity contribution < 1.29 is 27.5 Å². The number of rotatable bonds is 4. The van der Waals surface area contributed by atoms with Crippen LogP contribution in [-0.2, 0) is 26.6 Å². The van der Waals surface area contributed by atoms with Crippen molar-refractivity contribution >= 4 is 44.8 Å². The van der Waals surface area contributed by atoms with E-state index in [2.05, 4.69) is 16.5 Å². The fourth-order valence-corrected chi connectivity index (χ4v) is 7.74. The molecule has 0 atom stereocenters. The van der Waals surface area contributed by atoms with Crippen LogP contribution in [0.5, 0.6) is 0 Å². The molecule has 0 aliphatic carbocycles. The van der Waals surface area contributed by atoms with Crippen LogP contribution in [0.1, 0.15) is 64.4 Å². The maximum atomic E-state index is 13.4. The molecular formula is C27H38N6O6S. The van der Waals surface area contributed by atoms with Crippen molar-refractivity contribution in [1.82, 2.24) is 24.3 Å². The maximum Gasteiger partial charge on any atom is 0.410 e. The molecule has 0 saturated carbocycles. The molecule has 0 bridgehead atoms. The zero-order valence-corrected chi connectivity index (χ0v) is 24.4. The molecule has 13 heteroatoms. The number of fused-ring (bicyclic) bond motifs is 1. The minimum Gasteiger partial charge on any atom is -0.444 e. The number of aromatic nitrogens is 2. The van der Waals surface area contributed by atoms with Gasteiger partial charge in [0.1, 0.15) is 5.60 Å². The number of hydrogen-bond acceptors (Lipinski definition) is 7. The number of urea groups is 1. The highest BCUT2D eigenvalue weighted by molar-refractivity contribution is 7.89. The minimum absolute atomic E-state index is 0.208. The lowest BCUT2D eigenvalue weighted by Crippen LogP contribution is -2.49. The molecule has 3 aliphatic rings. The molecule has 1 aromatic carbocycles. The molecule has 4 heterocycles. The summed E-state index contributed by atoms with van der Waals surface area (Å²) in [5.74, 6) is 0.440. The van der Waals surface area contributed by atoms with Gasteiger partial charge in [-0.15, -0.1) is 0 Å². The SMILES string of the molecule is Cn1nc(N2CCC(=O)NC2=O)c2ccc(C3CCN(S(=O)(=O)C4CCN(C(=O)OC(C)(C)C)CC4)CC3)cc21. The summed E-state index contributed by atoms with van der Waals surface area (Å²) in [7, 11) is -1.64. The first-order chi connectivity index (χ1) is 18.8. The Morgan fingerprint density at radius 2 is 1.70 bits per heavy atom. The van der Waals surface area contributed by atoms with Crippen molar-refractivity contribution in [3.8, 4) is 0 Å². The molecule has 4 amide bonds. The van der Waals surface area contributed by atoms with E-state index >= 15 is 0 Å². The number of likely N-dealkylation sites (tertiary alicyclic amines) is 1. The van der Waals surface area contributed by atoms with Crippen LogP contribution in [-0.4, -0.2) is 89.0 Å². The van der Waals surface area contributed by atoms with Crippen LogP contribution >= 0.6 is 0 Å². The molecule has 12 nitrogen and oxygen atoms in total. The topological polar surface area (TPSA) is 134 Å². The second kappa shape index (κ2) is 10.7. The lowest BCUT2D eigenvalue weighted by atomic mass is 9.90. The van der Waals surface area contributed by atoms with E-state index in [4.69, 9.17) is 4.74 Å². The van der Waals surface area contributed by atoms with Gasteiger partial charge in [0.05, 0.1) is 10.8 Å². The molecule has 1 N–H and O–H groups in total. The first kappa shape index (κ1) is 28.3. The number of imide groups is 1. The molecule has 0 spiro atoms. The van der Waals surface area contributed by atoms with Gasteiger partial charge in [0.15, 0.2) is 5.82 Å². The largest absolute Gasteiger partial charge is 0.444 e. The van der Waals surface area contributed by atoms with Gasteiger partial charge in [0, 0.05) is 51.6 Å². The van der Waals surface area contributed by atoms with Crippen LogP contribution in [0.25, 0.3) is 10.9 Å². The smallest absolute Gasteiger partial charge is 0.410 e. The zero-order chi connectivity index (χ0) is 28.8. The summed E-state index contributed by atoms with van der Waals surface area (Å²) in [6, 6.07) is 5.59. The van der Waals surface area contributed by atoms with E-state index in [0.717, 1.165) is 16.5 Å². The number of benzene rings is 1. The Bertz CT molecular complexity index is 1410. The van der Waals surface area contributed by atoms with Gasteiger partial charge in [0.2, 0.25) is 15.9 Å². The average molecular weight is 575 g/mol. The summed E-state index contributed by atoms with van der Waals surface area (Å²) in [4.78, 5) is 39.4. The monoisotopic (exact) mass is 574 g/mol. The van der Waals surface area contributed by atoms with E-state index in [1.807, 2.05) is 40.0 Å². The molecular weight excluding hydrogens is 536 g/mol. The van der Waals surface area contributed by atoms with Crippen molar-refractivity contribution in [1.29, 1.82) is 0 Å². The molecule has 1 aromatic heterocycles. The number of amides is 4. The lowest BCUT2D eigenvalue weighted by molar-refractivity contribution is -0.120. The fraction of sp³-hybridized carbons (Fsp3) is 0.630. The van der Waals surface area contributed by atoms with Crippen molar-refractivity contribution in [3.63, 3.8) is 0 Å². The second-order valence-corrected chi connectivity index (χ2v) is 14.1. The molecule has 0 unspecified atom stereocenters. The number of anilines is 1. The van der Waals surface area contributed by atoms with Gasteiger partial charge >= 0.3 is 12.1 Å². The van der Waals surface area contributed by atoms with Crippen LogP contribution in [0.3, 0.4) is 0 Å². The average Bonchev–Trinajstić information content (AvgIpc) is 3.23. The highest BCUT2D eigenvalue weighted by atomic mass is 32.2. The van der Waals surface area contributed by atoms with Crippen LogP contribution in [0.15, 0.2) is 18.2 Å². The molecule has 40 heavy (non-hydrogen) atoms. The third kappa shape index (κ3) is 5.67. The quantitative estimate of drug-likeness (QED) is 0.593. The Kier molecular flexibility index (Phi) is 7.55. The number of ether oxygens (including phenoxy) is 1. The van der Waals surface area contributed by atoms with Crippen molar-refractivity contribution in [2.75, 3.05) is 37.6 Å². The van der Waals surface area contributed by atoms with E-state index in [0.29, 0.717) is 57.7 Å². The fourth-order valence-electron chi connectivity index (χ4n) is 5.79. The number of aryl methyl sites for hydroxylation is 1. The van der Waals surface area contributed by atoms with Gasteiger partial charge in [-0.25, -0.2) is 22.3 Å². The van der Waals surface area contributed by atoms with Crippen LogP contribution in [0.4, 0.5) is 15.4 Å². The Morgan fingerprint density at radius 1 is 1.02 bits per heavy atom. The number of nitrogens with one attached hydrogen (secondary N) is 1. The van der Waals surface area contributed by atoms with E-state index < -0.39 is 33.0 Å². The Balaban J connectivity index is 1.21. The number of carbonyl (C=O) groups is 3. The highest BCUT2D eigenvalue weighted by Gasteiger charge is 2.38.